The van der Waals surface area contributed by atoms with Crippen LogP contribution in [0.15, 0.2) is 12.1 Å². The minimum Gasteiger partial charge on any atom is -0.492 e. The van der Waals surface area contributed by atoms with Gasteiger partial charge in [-0.2, -0.15) is 0 Å². The Hall–Kier alpha value is -2.36. The van der Waals surface area contributed by atoms with Gasteiger partial charge >= 0.3 is 0 Å². The van der Waals surface area contributed by atoms with Crippen LogP contribution in [-0.2, 0) is 14.3 Å². The van der Waals surface area contributed by atoms with E-state index in [0.29, 0.717) is 30.5 Å². The van der Waals surface area contributed by atoms with Gasteiger partial charge in [0.1, 0.15) is 12.4 Å². The first-order chi connectivity index (χ1) is 18.4. The number of morpholine rings is 1. The second-order valence-electron chi connectivity index (χ2n) is 11.0. The van der Waals surface area contributed by atoms with Crippen molar-refractivity contribution >= 4 is 17.5 Å². The normalized spacial score (nSPS) is 25.1. The van der Waals surface area contributed by atoms with Crippen molar-refractivity contribution in [3.05, 3.63) is 23.3 Å². The van der Waals surface area contributed by atoms with E-state index in [-0.39, 0.29) is 29.7 Å². The lowest BCUT2D eigenvalue weighted by Crippen LogP contribution is -2.50. The first-order valence-corrected chi connectivity index (χ1v) is 14.4. The van der Waals surface area contributed by atoms with Crippen molar-refractivity contribution in [2.45, 2.75) is 59.0 Å². The number of nitrogens with zero attached hydrogens (tertiary/aromatic N) is 2. The number of hydrogen-bond acceptors (Lipinski definition) is 7. The van der Waals surface area contributed by atoms with Crippen molar-refractivity contribution in [2.75, 3.05) is 70.7 Å². The molecule has 1 aromatic rings. The van der Waals surface area contributed by atoms with E-state index >= 15 is 0 Å². The molecule has 1 aromatic carbocycles. The lowest BCUT2D eigenvalue weighted by Gasteiger charge is -2.37. The molecule has 0 bridgehead atoms. The second kappa shape index (κ2) is 13.6. The van der Waals surface area contributed by atoms with Crippen LogP contribution in [0.25, 0.3) is 0 Å². The summed E-state index contributed by atoms with van der Waals surface area (Å²) < 4.78 is 17.3. The number of carbonyl (C=O) groups is 2. The average molecular weight is 531 g/mol. The molecule has 212 valence electrons. The molecule has 9 nitrogen and oxygen atoms in total. The van der Waals surface area contributed by atoms with Gasteiger partial charge in [0.15, 0.2) is 0 Å². The van der Waals surface area contributed by atoms with Gasteiger partial charge in [-0.3, -0.25) is 14.5 Å². The number of piperidine rings is 1. The highest BCUT2D eigenvalue weighted by molar-refractivity contribution is 5.98. The average Bonchev–Trinajstić information content (AvgIpc) is 2.91. The van der Waals surface area contributed by atoms with Gasteiger partial charge in [-0.15, -0.1) is 0 Å². The van der Waals surface area contributed by atoms with E-state index in [1.807, 2.05) is 19.9 Å². The van der Waals surface area contributed by atoms with Crippen LogP contribution in [0.3, 0.4) is 0 Å². The number of carbonyl (C=O) groups excluding carboxylic acids is 2. The lowest BCUT2D eigenvalue weighted by molar-refractivity contribution is -0.129. The Labute approximate surface area is 227 Å². The Bertz CT molecular complexity index is 945. The van der Waals surface area contributed by atoms with Gasteiger partial charge < -0.3 is 29.7 Å². The van der Waals surface area contributed by atoms with Gasteiger partial charge in [0.05, 0.1) is 19.1 Å². The van der Waals surface area contributed by atoms with Crippen molar-refractivity contribution in [1.82, 2.24) is 15.5 Å². The van der Waals surface area contributed by atoms with E-state index in [1.165, 1.54) is 0 Å². The van der Waals surface area contributed by atoms with Gasteiger partial charge in [-0.05, 0) is 57.6 Å². The van der Waals surface area contributed by atoms with Crippen LogP contribution >= 0.6 is 0 Å². The number of ether oxygens (including phenoxy) is 3. The molecule has 2 N–H and O–H groups in total. The van der Waals surface area contributed by atoms with Crippen LogP contribution < -0.4 is 20.3 Å². The molecule has 0 aliphatic carbocycles. The van der Waals surface area contributed by atoms with Crippen molar-refractivity contribution in [2.24, 2.45) is 11.8 Å². The van der Waals surface area contributed by atoms with E-state index in [9.17, 15) is 9.59 Å². The number of benzene rings is 1. The van der Waals surface area contributed by atoms with Crippen LogP contribution in [0.5, 0.6) is 5.75 Å². The first-order valence-electron chi connectivity index (χ1n) is 14.4. The maximum Gasteiger partial charge on any atom is 0.251 e. The maximum atomic E-state index is 13.5. The third kappa shape index (κ3) is 7.18. The molecule has 3 atom stereocenters. The van der Waals surface area contributed by atoms with Crippen molar-refractivity contribution in [1.29, 1.82) is 0 Å². The molecule has 3 aliphatic rings. The number of anilines is 1. The van der Waals surface area contributed by atoms with E-state index < -0.39 is 0 Å². The van der Waals surface area contributed by atoms with Crippen LogP contribution in [-0.4, -0.2) is 94.6 Å². The zero-order chi connectivity index (χ0) is 27.1. The fraction of sp³-hybridized carbons (Fsp3) is 0.724. The fourth-order valence-corrected chi connectivity index (χ4v) is 6.01. The van der Waals surface area contributed by atoms with Gasteiger partial charge in [0.25, 0.3) is 5.91 Å². The standard InChI is InChI=1S/C29H46N4O5/c1-5-33(23-6-11-36-12-7-23)27-18-24(38-15-10-32-8-13-37-14-9-32)17-25(22(27)4)28(34)30-19-26-20(2)16-21(3)31-29(26)35/h17-18,20-21,23,26H,5-16,19H2,1-4H3,(H,30,34)(H,31,35). The summed E-state index contributed by atoms with van der Waals surface area (Å²) in [5.74, 6) is 0.550. The number of rotatable bonds is 10. The molecule has 3 saturated heterocycles. The van der Waals surface area contributed by atoms with Gasteiger partial charge in [-0.1, -0.05) is 6.92 Å². The monoisotopic (exact) mass is 530 g/mol. The lowest BCUT2D eigenvalue weighted by atomic mass is 9.84. The summed E-state index contributed by atoms with van der Waals surface area (Å²) in [7, 11) is 0. The quantitative estimate of drug-likeness (QED) is 0.480. The van der Waals surface area contributed by atoms with Crippen LogP contribution in [0.1, 0.15) is 56.0 Å². The molecular formula is C29H46N4O5. The van der Waals surface area contributed by atoms with Crippen LogP contribution in [0, 0.1) is 18.8 Å². The smallest absolute Gasteiger partial charge is 0.251 e. The Balaban J connectivity index is 1.52. The highest BCUT2D eigenvalue weighted by atomic mass is 16.5. The van der Waals surface area contributed by atoms with Gasteiger partial charge in [-0.25, -0.2) is 0 Å². The van der Waals surface area contributed by atoms with E-state index in [2.05, 4.69) is 40.3 Å². The van der Waals surface area contributed by atoms with E-state index in [1.54, 1.807) is 0 Å². The number of nitrogens with one attached hydrogen (secondary N) is 2. The fourth-order valence-electron chi connectivity index (χ4n) is 6.01. The first kappa shape index (κ1) is 28.6. The highest BCUT2D eigenvalue weighted by Crippen LogP contribution is 2.33. The molecule has 3 unspecified atom stereocenters. The molecule has 0 aromatic heterocycles. The topological polar surface area (TPSA) is 92.4 Å². The SMILES string of the molecule is CCN(c1cc(OCCN2CCOCC2)cc(C(=O)NCC2C(=O)NC(C)CC2C)c1C)C1CCOCC1. The van der Waals surface area contributed by atoms with Crippen LogP contribution in [0.2, 0.25) is 0 Å². The predicted molar refractivity (Wildman–Crippen MR) is 148 cm³/mol. The largest absolute Gasteiger partial charge is 0.492 e. The van der Waals surface area contributed by atoms with Crippen molar-refractivity contribution in [3.8, 4) is 5.75 Å². The molecule has 3 aliphatic heterocycles. The minimum absolute atomic E-state index is 0.0193. The summed E-state index contributed by atoms with van der Waals surface area (Å²) in [5, 5.41) is 6.09. The zero-order valence-electron chi connectivity index (χ0n) is 23.6. The Morgan fingerprint density at radius 1 is 1.16 bits per heavy atom. The Morgan fingerprint density at radius 2 is 1.87 bits per heavy atom. The summed E-state index contributed by atoms with van der Waals surface area (Å²) in [6.45, 7) is 15.7. The van der Waals surface area contributed by atoms with E-state index in [0.717, 1.165) is 83.1 Å². The summed E-state index contributed by atoms with van der Waals surface area (Å²) >= 11 is 0. The molecule has 2 amide bonds. The predicted octanol–water partition coefficient (Wildman–Crippen LogP) is 2.60. The third-order valence-corrected chi connectivity index (χ3v) is 8.28. The maximum absolute atomic E-state index is 13.5. The summed E-state index contributed by atoms with van der Waals surface area (Å²) in [6, 6.07) is 4.48. The molecule has 0 spiro atoms. The third-order valence-electron chi connectivity index (χ3n) is 8.28. The van der Waals surface area contributed by atoms with E-state index in [4.69, 9.17) is 14.2 Å². The van der Waals surface area contributed by atoms with Crippen LogP contribution in [0.4, 0.5) is 5.69 Å². The molecular weight excluding hydrogens is 484 g/mol. The molecule has 3 fully saturated rings. The summed E-state index contributed by atoms with van der Waals surface area (Å²) in [5.41, 5.74) is 2.57. The zero-order valence-corrected chi connectivity index (χ0v) is 23.6. The summed E-state index contributed by atoms with van der Waals surface area (Å²) in [4.78, 5) is 30.8. The Morgan fingerprint density at radius 3 is 2.55 bits per heavy atom. The molecule has 3 heterocycles. The molecule has 0 radical (unpaired) electrons. The number of hydrogen-bond donors (Lipinski definition) is 2. The molecule has 4 rings (SSSR count). The van der Waals surface area contributed by atoms with Gasteiger partial charge in [0.2, 0.25) is 5.91 Å². The second-order valence-corrected chi connectivity index (χ2v) is 11.0. The molecule has 9 heteroatoms. The summed E-state index contributed by atoms with van der Waals surface area (Å²) in [6.07, 6.45) is 2.84. The van der Waals surface area contributed by atoms with Gasteiger partial charge in [0, 0.05) is 75.3 Å². The van der Waals surface area contributed by atoms with Crippen molar-refractivity contribution in [3.63, 3.8) is 0 Å². The Kier molecular flexibility index (Phi) is 10.3. The van der Waals surface area contributed by atoms with Crippen molar-refractivity contribution < 1.29 is 23.8 Å². The molecule has 0 saturated carbocycles. The number of amides is 2. The highest BCUT2D eigenvalue weighted by Gasteiger charge is 2.33. The minimum atomic E-state index is -0.225. The molecule has 38 heavy (non-hydrogen) atoms.